The largest absolute Gasteiger partial charge is 0.345 e. The molecule has 0 aromatic heterocycles. The van der Waals surface area contributed by atoms with Crippen LogP contribution in [0, 0.1) is 5.41 Å². The second kappa shape index (κ2) is 7.60. The van der Waals surface area contributed by atoms with Gasteiger partial charge >= 0.3 is 0 Å². The SMILES string of the molecule is CCCC1(C(=O)N(C)CCc2ccccc2)CCCNC1. The van der Waals surface area contributed by atoms with Gasteiger partial charge in [0.15, 0.2) is 0 Å². The van der Waals surface area contributed by atoms with E-state index < -0.39 is 0 Å². The third-order valence-electron chi connectivity index (χ3n) is 4.58. The maximum absolute atomic E-state index is 12.9. The lowest BCUT2D eigenvalue weighted by Gasteiger charge is -2.39. The Kier molecular flexibility index (Phi) is 5.80. The fourth-order valence-corrected chi connectivity index (χ4v) is 3.40. The van der Waals surface area contributed by atoms with E-state index in [1.165, 1.54) is 5.56 Å². The first kappa shape index (κ1) is 16.0. The fraction of sp³-hybridized carbons (Fsp3) is 0.611. The van der Waals surface area contributed by atoms with E-state index in [1.807, 2.05) is 18.0 Å². The molecule has 1 aromatic rings. The number of amides is 1. The van der Waals surface area contributed by atoms with Crippen LogP contribution in [0.5, 0.6) is 0 Å². The van der Waals surface area contributed by atoms with Crippen molar-refractivity contribution in [1.82, 2.24) is 10.2 Å². The van der Waals surface area contributed by atoms with Gasteiger partial charge in [-0.2, -0.15) is 0 Å². The number of rotatable bonds is 6. The van der Waals surface area contributed by atoms with Gasteiger partial charge in [-0.05, 0) is 37.8 Å². The van der Waals surface area contributed by atoms with Crippen LogP contribution >= 0.6 is 0 Å². The van der Waals surface area contributed by atoms with Crippen molar-refractivity contribution in [1.29, 1.82) is 0 Å². The maximum atomic E-state index is 12.9. The highest BCUT2D eigenvalue weighted by Crippen LogP contribution is 2.33. The summed E-state index contributed by atoms with van der Waals surface area (Å²) in [5, 5.41) is 3.42. The molecule has 1 N–H and O–H groups in total. The van der Waals surface area contributed by atoms with Gasteiger partial charge in [0.2, 0.25) is 5.91 Å². The summed E-state index contributed by atoms with van der Waals surface area (Å²) in [6, 6.07) is 10.4. The molecule has 1 aromatic carbocycles. The minimum Gasteiger partial charge on any atom is -0.345 e. The van der Waals surface area contributed by atoms with E-state index in [0.717, 1.165) is 51.7 Å². The zero-order valence-corrected chi connectivity index (χ0v) is 13.4. The van der Waals surface area contributed by atoms with Crippen molar-refractivity contribution in [3.8, 4) is 0 Å². The summed E-state index contributed by atoms with van der Waals surface area (Å²) in [5.41, 5.74) is 1.13. The van der Waals surface area contributed by atoms with Gasteiger partial charge in [0.1, 0.15) is 0 Å². The first-order valence-electron chi connectivity index (χ1n) is 8.18. The lowest BCUT2D eigenvalue weighted by Crippen LogP contribution is -2.51. The molecule has 1 unspecified atom stereocenters. The lowest BCUT2D eigenvalue weighted by molar-refractivity contribution is -0.142. The molecule has 2 rings (SSSR count). The molecule has 116 valence electrons. The van der Waals surface area contributed by atoms with Crippen LogP contribution in [0.2, 0.25) is 0 Å². The van der Waals surface area contributed by atoms with Crippen molar-refractivity contribution in [2.75, 3.05) is 26.7 Å². The Labute approximate surface area is 128 Å². The second-order valence-electron chi connectivity index (χ2n) is 6.27. The molecular formula is C18H28N2O. The molecule has 3 nitrogen and oxygen atoms in total. The van der Waals surface area contributed by atoms with Crippen molar-refractivity contribution in [2.45, 2.75) is 39.0 Å². The van der Waals surface area contributed by atoms with Gasteiger partial charge in [0.25, 0.3) is 0 Å². The molecule has 1 fully saturated rings. The zero-order valence-electron chi connectivity index (χ0n) is 13.4. The molecule has 21 heavy (non-hydrogen) atoms. The van der Waals surface area contributed by atoms with Crippen molar-refractivity contribution in [3.05, 3.63) is 35.9 Å². The third-order valence-corrected chi connectivity index (χ3v) is 4.58. The topological polar surface area (TPSA) is 32.3 Å². The number of hydrogen-bond acceptors (Lipinski definition) is 2. The summed E-state index contributed by atoms with van der Waals surface area (Å²) < 4.78 is 0. The number of likely N-dealkylation sites (N-methyl/N-ethyl adjacent to an activating group) is 1. The van der Waals surface area contributed by atoms with Crippen molar-refractivity contribution >= 4 is 5.91 Å². The molecular weight excluding hydrogens is 260 g/mol. The molecule has 0 aliphatic carbocycles. The molecule has 1 aliphatic heterocycles. The average molecular weight is 288 g/mol. The number of carbonyl (C=O) groups is 1. The number of piperidine rings is 1. The summed E-state index contributed by atoms with van der Waals surface area (Å²) in [6.07, 6.45) is 5.13. The van der Waals surface area contributed by atoms with Gasteiger partial charge in [0.05, 0.1) is 5.41 Å². The predicted octanol–water partition coefficient (Wildman–Crippen LogP) is 2.86. The van der Waals surface area contributed by atoms with Crippen LogP contribution in [0.25, 0.3) is 0 Å². The zero-order chi connectivity index (χ0) is 15.1. The molecule has 0 radical (unpaired) electrons. The standard InChI is InChI=1S/C18H28N2O/c1-3-11-18(12-7-13-19-15-18)17(21)20(2)14-10-16-8-5-4-6-9-16/h4-6,8-9,19H,3,7,10-15H2,1-2H3. The van der Waals surface area contributed by atoms with E-state index in [-0.39, 0.29) is 5.41 Å². The van der Waals surface area contributed by atoms with E-state index in [9.17, 15) is 4.79 Å². The van der Waals surface area contributed by atoms with Gasteiger partial charge in [0, 0.05) is 20.1 Å². The highest BCUT2D eigenvalue weighted by atomic mass is 16.2. The molecule has 1 amide bonds. The van der Waals surface area contributed by atoms with Gasteiger partial charge in [-0.3, -0.25) is 4.79 Å². The highest BCUT2D eigenvalue weighted by molar-refractivity contribution is 5.83. The summed E-state index contributed by atoms with van der Waals surface area (Å²) in [5.74, 6) is 0.326. The smallest absolute Gasteiger partial charge is 0.229 e. The van der Waals surface area contributed by atoms with Crippen LogP contribution in [-0.2, 0) is 11.2 Å². The van der Waals surface area contributed by atoms with Crippen molar-refractivity contribution in [3.63, 3.8) is 0 Å². The first-order chi connectivity index (χ1) is 10.2. The number of benzene rings is 1. The lowest BCUT2D eigenvalue weighted by atomic mass is 9.75. The quantitative estimate of drug-likeness (QED) is 0.873. The fourth-order valence-electron chi connectivity index (χ4n) is 3.40. The number of hydrogen-bond donors (Lipinski definition) is 1. The summed E-state index contributed by atoms with van der Waals surface area (Å²) in [4.78, 5) is 14.9. The molecule has 1 heterocycles. The van der Waals surface area contributed by atoms with Crippen molar-refractivity contribution < 1.29 is 4.79 Å². The Hall–Kier alpha value is -1.35. The van der Waals surface area contributed by atoms with Gasteiger partial charge < -0.3 is 10.2 Å². The minimum atomic E-state index is -0.168. The molecule has 1 saturated heterocycles. The van der Waals surface area contributed by atoms with E-state index >= 15 is 0 Å². The predicted molar refractivity (Wildman–Crippen MR) is 87.2 cm³/mol. The monoisotopic (exact) mass is 288 g/mol. The van der Waals surface area contributed by atoms with E-state index in [4.69, 9.17) is 0 Å². The number of carbonyl (C=O) groups excluding carboxylic acids is 1. The van der Waals surface area contributed by atoms with Crippen LogP contribution in [0.3, 0.4) is 0 Å². The number of nitrogens with one attached hydrogen (secondary N) is 1. The summed E-state index contributed by atoms with van der Waals surface area (Å²) in [7, 11) is 1.96. The number of nitrogens with zero attached hydrogens (tertiary/aromatic N) is 1. The Balaban J connectivity index is 1.96. The van der Waals surface area contributed by atoms with E-state index in [1.54, 1.807) is 0 Å². The molecule has 0 saturated carbocycles. The van der Waals surface area contributed by atoms with Crippen LogP contribution in [-0.4, -0.2) is 37.5 Å². The van der Waals surface area contributed by atoms with Crippen LogP contribution in [0.15, 0.2) is 30.3 Å². The minimum absolute atomic E-state index is 0.168. The Morgan fingerprint density at radius 1 is 1.33 bits per heavy atom. The first-order valence-corrected chi connectivity index (χ1v) is 8.18. The Morgan fingerprint density at radius 3 is 2.71 bits per heavy atom. The Bertz CT molecular complexity index is 432. The van der Waals surface area contributed by atoms with Crippen LogP contribution < -0.4 is 5.32 Å². The molecule has 3 heteroatoms. The second-order valence-corrected chi connectivity index (χ2v) is 6.27. The van der Waals surface area contributed by atoms with E-state index in [0.29, 0.717) is 5.91 Å². The molecule has 1 atom stereocenters. The van der Waals surface area contributed by atoms with Crippen molar-refractivity contribution in [2.24, 2.45) is 5.41 Å². The summed E-state index contributed by atoms with van der Waals surface area (Å²) >= 11 is 0. The summed E-state index contributed by atoms with van der Waals surface area (Å²) in [6.45, 7) is 4.86. The van der Waals surface area contributed by atoms with Gasteiger partial charge in [-0.15, -0.1) is 0 Å². The van der Waals surface area contributed by atoms with Gasteiger partial charge in [-0.1, -0.05) is 43.7 Å². The third kappa shape index (κ3) is 4.07. The average Bonchev–Trinajstić information content (AvgIpc) is 2.54. The van der Waals surface area contributed by atoms with Gasteiger partial charge in [-0.25, -0.2) is 0 Å². The molecule has 0 bridgehead atoms. The maximum Gasteiger partial charge on any atom is 0.229 e. The Morgan fingerprint density at radius 2 is 2.10 bits per heavy atom. The molecule has 0 spiro atoms. The normalized spacial score (nSPS) is 22.0. The van der Waals surface area contributed by atoms with E-state index in [2.05, 4.69) is 36.5 Å². The van der Waals surface area contributed by atoms with Crippen LogP contribution in [0.1, 0.15) is 38.2 Å². The van der Waals surface area contributed by atoms with Crippen LogP contribution in [0.4, 0.5) is 0 Å². The highest BCUT2D eigenvalue weighted by Gasteiger charge is 2.40. The molecule has 1 aliphatic rings.